The van der Waals surface area contributed by atoms with Crippen molar-refractivity contribution in [1.82, 2.24) is 0 Å². The van der Waals surface area contributed by atoms with Crippen LogP contribution >= 0.6 is 0 Å². The molecule has 1 rings (SSSR count). The molecule has 4 heteroatoms. The first-order valence-electron chi connectivity index (χ1n) is 3.24. The molecule has 0 amide bonds. The highest BCUT2D eigenvalue weighted by Crippen LogP contribution is 2.12. The largest absolute Gasteiger partial charge is 0.500 e. The zero-order valence-corrected chi connectivity index (χ0v) is 6.24. The molecule has 0 N–H and O–H groups in total. The average molecular weight is 142 g/mol. The van der Waals surface area contributed by atoms with E-state index in [0.717, 1.165) is 6.42 Å². The van der Waals surface area contributed by atoms with Crippen LogP contribution in [0.25, 0.3) is 0 Å². The summed E-state index contributed by atoms with van der Waals surface area (Å²) in [6.07, 6.45) is 4.50. The number of hydrogen-bond acceptors (Lipinski definition) is 3. The summed E-state index contributed by atoms with van der Waals surface area (Å²) in [6, 6.07) is 0.0370. The van der Waals surface area contributed by atoms with Gasteiger partial charge in [0.05, 0.1) is 6.26 Å². The zero-order valence-electron chi connectivity index (χ0n) is 6.24. The number of ether oxygens (including phenoxy) is 1. The number of rotatable bonds is 3. The maximum absolute atomic E-state index is 5.17. The molecule has 0 spiro atoms. The SMILES string of the molecule is COB(OC)C1CC=CO1. The minimum atomic E-state index is -0.241. The van der Waals surface area contributed by atoms with Gasteiger partial charge in [-0.3, -0.25) is 0 Å². The van der Waals surface area contributed by atoms with Crippen molar-refractivity contribution < 1.29 is 14.0 Å². The first-order valence-corrected chi connectivity index (χ1v) is 3.24. The Hall–Kier alpha value is -0.475. The van der Waals surface area contributed by atoms with Crippen LogP contribution in [0.15, 0.2) is 12.3 Å². The Morgan fingerprint density at radius 2 is 2.20 bits per heavy atom. The molecule has 0 saturated heterocycles. The Morgan fingerprint density at radius 1 is 1.50 bits per heavy atom. The van der Waals surface area contributed by atoms with E-state index in [4.69, 9.17) is 14.0 Å². The molecule has 0 saturated carbocycles. The summed E-state index contributed by atoms with van der Waals surface area (Å²) in [6.45, 7) is 0. The summed E-state index contributed by atoms with van der Waals surface area (Å²) in [5.74, 6) is 0. The second kappa shape index (κ2) is 3.63. The van der Waals surface area contributed by atoms with Crippen molar-refractivity contribution in [1.29, 1.82) is 0 Å². The standard InChI is InChI=1S/C6H11BO3/c1-8-7(9-2)6-4-3-5-10-6/h3,5-6H,4H2,1-2H3. The third kappa shape index (κ3) is 1.52. The van der Waals surface area contributed by atoms with Crippen LogP contribution in [0, 0.1) is 0 Å². The first kappa shape index (κ1) is 7.63. The summed E-state index contributed by atoms with van der Waals surface area (Å²) in [5, 5.41) is 0. The molecule has 0 aromatic carbocycles. The van der Waals surface area contributed by atoms with Crippen LogP contribution in [0.4, 0.5) is 0 Å². The van der Waals surface area contributed by atoms with E-state index in [2.05, 4.69) is 0 Å². The molecule has 0 aromatic rings. The van der Waals surface area contributed by atoms with Crippen LogP contribution in [0.3, 0.4) is 0 Å². The molecule has 1 aliphatic rings. The van der Waals surface area contributed by atoms with Gasteiger partial charge in [-0.05, 0) is 6.08 Å². The third-order valence-corrected chi connectivity index (χ3v) is 1.49. The van der Waals surface area contributed by atoms with Crippen LogP contribution in [0.5, 0.6) is 0 Å². The molecule has 10 heavy (non-hydrogen) atoms. The topological polar surface area (TPSA) is 27.7 Å². The lowest BCUT2D eigenvalue weighted by Gasteiger charge is -2.14. The second-order valence-electron chi connectivity index (χ2n) is 2.12. The zero-order chi connectivity index (χ0) is 7.40. The van der Waals surface area contributed by atoms with Crippen molar-refractivity contribution in [3.8, 4) is 0 Å². The lowest BCUT2D eigenvalue weighted by atomic mass is 9.79. The Labute approximate surface area is 61.1 Å². The van der Waals surface area contributed by atoms with Gasteiger partial charge in [0.25, 0.3) is 0 Å². The Morgan fingerprint density at radius 3 is 2.60 bits per heavy atom. The van der Waals surface area contributed by atoms with Gasteiger partial charge in [0, 0.05) is 20.6 Å². The van der Waals surface area contributed by atoms with Crippen molar-refractivity contribution >= 4 is 7.12 Å². The molecular weight excluding hydrogens is 131 g/mol. The average Bonchev–Trinajstić information content (AvgIpc) is 2.43. The van der Waals surface area contributed by atoms with Crippen LogP contribution in [-0.4, -0.2) is 27.3 Å². The van der Waals surface area contributed by atoms with E-state index in [-0.39, 0.29) is 13.1 Å². The molecule has 1 unspecified atom stereocenters. The third-order valence-electron chi connectivity index (χ3n) is 1.49. The van der Waals surface area contributed by atoms with Crippen molar-refractivity contribution in [2.75, 3.05) is 14.2 Å². The van der Waals surface area contributed by atoms with Crippen molar-refractivity contribution in [3.63, 3.8) is 0 Å². The van der Waals surface area contributed by atoms with Crippen LogP contribution in [0.2, 0.25) is 0 Å². The maximum Gasteiger partial charge on any atom is 0.500 e. The fourth-order valence-electron chi connectivity index (χ4n) is 0.977. The van der Waals surface area contributed by atoms with Crippen LogP contribution < -0.4 is 0 Å². The normalized spacial score (nSPS) is 22.8. The fourth-order valence-corrected chi connectivity index (χ4v) is 0.977. The van der Waals surface area contributed by atoms with Gasteiger partial charge in [-0.2, -0.15) is 0 Å². The summed E-state index contributed by atoms with van der Waals surface area (Å²) in [4.78, 5) is 0. The van der Waals surface area contributed by atoms with Crippen LogP contribution in [0.1, 0.15) is 6.42 Å². The van der Waals surface area contributed by atoms with E-state index in [0.29, 0.717) is 0 Å². The maximum atomic E-state index is 5.17. The van der Waals surface area contributed by atoms with Crippen molar-refractivity contribution in [3.05, 3.63) is 12.3 Å². The van der Waals surface area contributed by atoms with Gasteiger partial charge in [0.1, 0.15) is 6.00 Å². The molecule has 1 heterocycles. The van der Waals surface area contributed by atoms with E-state index < -0.39 is 0 Å². The van der Waals surface area contributed by atoms with Gasteiger partial charge in [-0.15, -0.1) is 0 Å². The van der Waals surface area contributed by atoms with E-state index in [1.54, 1.807) is 20.5 Å². The van der Waals surface area contributed by atoms with E-state index >= 15 is 0 Å². The first-order chi connectivity index (χ1) is 4.88. The Kier molecular flexibility index (Phi) is 2.77. The van der Waals surface area contributed by atoms with Gasteiger partial charge in [0.15, 0.2) is 0 Å². The van der Waals surface area contributed by atoms with Gasteiger partial charge in [-0.25, -0.2) is 0 Å². The smallest absolute Gasteiger partial charge is 0.500 e. The van der Waals surface area contributed by atoms with Gasteiger partial charge >= 0.3 is 7.12 Å². The van der Waals surface area contributed by atoms with E-state index in [1.807, 2.05) is 6.08 Å². The highest BCUT2D eigenvalue weighted by atomic mass is 16.6. The highest BCUT2D eigenvalue weighted by molar-refractivity contribution is 6.46. The summed E-state index contributed by atoms with van der Waals surface area (Å²) in [5.41, 5.74) is 0. The predicted molar refractivity (Wildman–Crippen MR) is 38.4 cm³/mol. The molecule has 3 nitrogen and oxygen atoms in total. The van der Waals surface area contributed by atoms with Gasteiger partial charge in [0.2, 0.25) is 0 Å². The van der Waals surface area contributed by atoms with Gasteiger partial charge in [-0.1, -0.05) is 0 Å². The molecule has 0 aliphatic carbocycles. The molecule has 0 radical (unpaired) electrons. The monoisotopic (exact) mass is 142 g/mol. The van der Waals surface area contributed by atoms with E-state index in [9.17, 15) is 0 Å². The number of hydrogen-bond donors (Lipinski definition) is 0. The quantitative estimate of drug-likeness (QED) is 0.540. The van der Waals surface area contributed by atoms with E-state index in [1.165, 1.54) is 0 Å². The van der Waals surface area contributed by atoms with Crippen molar-refractivity contribution in [2.24, 2.45) is 0 Å². The summed E-state index contributed by atoms with van der Waals surface area (Å²) >= 11 is 0. The predicted octanol–water partition coefficient (Wildman–Crippen LogP) is 0.609. The Bertz CT molecular complexity index is 114. The molecule has 0 fully saturated rings. The minimum absolute atomic E-state index is 0.0370. The van der Waals surface area contributed by atoms with Crippen LogP contribution in [-0.2, 0) is 14.0 Å². The summed E-state index contributed by atoms with van der Waals surface area (Å²) in [7, 11) is 2.97. The Balaban J connectivity index is 2.31. The fraction of sp³-hybridized carbons (Fsp3) is 0.667. The summed E-state index contributed by atoms with van der Waals surface area (Å²) < 4.78 is 15.2. The lowest BCUT2D eigenvalue weighted by molar-refractivity contribution is 0.163. The lowest BCUT2D eigenvalue weighted by Crippen LogP contribution is -2.34. The highest BCUT2D eigenvalue weighted by Gasteiger charge is 2.30. The van der Waals surface area contributed by atoms with Crippen molar-refractivity contribution in [2.45, 2.75) is 12.4 Å². The molecule has 1 atom stereocenters. The molecule has 0 bridgehead atoms. The van der Waals surface area contributed by atoms with Gasteiger partial charge < -0.3 is 14.0 Å². The molecular formula is C6H11BO3. The molecule has 0 aromatic heterocycles. The molecule has 1 aliphatic heterocycles. The molecule has 56 valence electrons. The minimum Gasteiger partial charge on any atom is -0.500 e. The second-order valence-corrected chi connectivity index (χ2v) is 2.12.